The van der Waals surface area contributed by atoms with Crippen molar-refractivity contribution in [2.75, 3.05) is 16.5 Å². The van der Waals surface area contributed by atoms with Gasteiger partial charge in [-0.05, 0) is 98.7 Å². The third-order valence-electron chi connectivity index (χ3n) is 12.8. The minimum Gasteiger partial charge on any atom is -0.457 e. The van der Waals surface area contributed by atoms with E-state index in [4.69, 9.17) is 9.72 Å². The highest BCUT2D eigenvalue weighted by atomic mass is 16.5. The molecule has 3 heterocycles. The van der Waals surface area contributed by atoms with Crippen LogP contribution in [-0.4, -0.2) is 16.2 Å². The number of para-hydroxylation sites is 1. The van der Waals surface area contributed by atoms with E-state index in [1.54, 1.807) is 0 Å². The lowest BCUT2D eigenvalue weighted by atomic mass is 9.75. The molecule has 2 aromatic heterocycles. The monoisotopic (exact) mass is 823 g/mol. The summed E-state index contributed by atoms with van der Waals surface area (Å²) in [6, 6.07) is 44.4. The van der Waals surface area contributed by atoms with Crippen molar-refractivity contribution in [3.63, 3.8) is 0 Å². The molecule has 62 heavy (non-hydrogen) atoms. The second-order valence-electron chi connectivity index (χ2n) is 22.1. The van der Waals surface area contributed by atoms with E-state index >= 15 is 0 Å². The summed E-state index contributed by atoms with van der Waals surface area (Å²) in [7, 11) is 0. The topological polar surface area (TPSA) is 33.5 Å². The Kier molecular flexibility index (Phi) is 10.5. The van der Waals surface area contributed by atoms with E-state index in [9.17, 15) is 0 Å². The summed E-state index contributed by atoms with van der Waals surface area (Å²) in [5, 5.41) is 2.36. The molecule has 8 rings (SSSR count). The second-order valence-corrected chi connectivity index (χ2v) is 22.1. The zero-order valence-electron chi connectivity index (χ0n) is 39.6. The number of nitrogens with zero attached hydrogens (tertiary/aromatic N) is 4. The van der Waals surface area contributed by atoms with Crippen molar-refractivity contribution in [3.8, 4) is 17.3 Å². The number of pyridine rings is 1. The number of hydrogen-bond acceptors (Lipinski definition) is 4. The Hall–Kier alpha value is -5.81. The van der Waals surface area contributed by atoms with Crippen LogP contribution in [0.15, 0.2) is 139 Å². The molecule has 7 aromatic rings. The van der Waals surface area contributed by atoms with Crippen LogP contribution in [0.3, 0.4) is 0 Å². The summed E-state index contributed by atoms with van der Waals surface area (Å²) in [4.78, 5) is 9.85. The minimum absolute atomic E-state index is 0.00635. The fraction of sp³-hybridized carbons (Fsp3) is 0.351. The average molecular weight is 823 g/mol. The van der Waals surface area contributed by atoms with E-state index in [1.165, 1.54) is 50.0 Å². The zero-order valence-corrected chi connectivity index (χ0v) is 39.6. The summed E-state index contributed by atoms with van der Waals surface area (Å²) in [5.74, 6) is 2.50. The van der Waals surface area contributed by atoms with Gasteiger partial charge in [-0.3, -0.25) is 4.57 Å². The number of ether oxygens (including phenoxy) is 1. The number of benzene rings is 5. The zero-order chi connectivity index (χ0) is 44.6. The molecule has 0 radical (unpaired) electrons. The molecule has 0 aliphatic carbocycles. The van der Waals surface area contributed by atoms with Gasteiger partial charge in [0.05, 0.1) is 17.7 Å². The van der Waals surface area contributed by atoms with Gasteiger partial charge in [0.2, 0.25) is 0 Å². The first-order valence-electron chi connectivity index (χ1n) is 22.3. The summed E-state index contributed by atoms with van der Waals surface area (Å²) < 4.78 is 9.26. The molecular weight excluding hydrogens is 757 g/mol. The van der Waals surface area contributed by atoms with E-state index in [0.717, 1.165) is 34.0 Å². The Morgan fingerprint density at radius 3 is 1.76 bits per heavy atom. The maximum Gasteiger partial charge on any atom is 0.137 e. The molecule has 0 unspecified atom stereocenters. The Morgan fingerprint density at radius 1 is 0.468 bits per heavy atom. The van der Waals surface area contributed by atoms with Gasteiger partial charge in [-0.15, -0.1) is 0 Å². The van der Waals surface area contributed by atoms with E-state index in [1.807, 2.05) is 6.20 Å². The number of fused-ring (bicyclic) bond motifs is 3. The fourth-order valence-electron chi connectivity index (χ4n) is 8.69. The van der Waals surface area contributed by atoms with Crippen LogP contribution < -0.4 is 14.5 Å². The van der Waals surface area contributed by atoms with E-state index in [2.05, 4.69) is 239 Å². The molecule has 5 nitrogen and oxygen atoms in total. The first kappa shape index (κ1) is 42.9. The highest BCUT2D eigenvalue weighted by molar-refractivity contribution is 6.09. The molecule has 0 saturated carbocycles. The highest BCUT2D eigenvalue weighted by Crippen LogP contribution is 2.44. The van der Waals surface area contributed by atoms with Crippen LogP contribution in [0.1, 0.15) is 125 Å². The molecule has 0 saturated heterocycles. The molecular formula is C57H66N4O. The molecule has 0 bridgehead atoms. The Morgan fingerprint density at radius 2 is 1.08 bits per heavy atom. The number of rotatable bonds is 7. The lowest BCUT2D eigenvalue weighted by molar-refractivity contribution is 0.477. The molecule has 0 fully saturated rings. The van der Waals surface area contributed by atoms with Crippen LogP contribution in [0.2, 0.25) is 0 Å². The van der Waals surface area contributed by atoms with Crippen LogP contribution in [0, 0.1) is 5.41 Å². The van der Waals surface area contributed by atoms with Crippen LogP contribution in [0.5, 0.6) is 11.5 Å². The summed E-state index contributed by atoms with van der Waals surface area (Å²) >= 11 is 0. The number of anilines is 2. The largest absolute Gasteiger partial charge is 0.457 e. The fourth-order valence-corrected chi connectivity index (χ4v) is 8.69. The van der Waals surface area contributed by atoms with Crippen molar-refractivity contribution in [1.29, 1.82) is 0 Å². The molecule has 5 heteroatoms. The van der Waals surface area contributed by atoms with E-state index < -0.39 is 0 Å². The normalized spacial score (nSPS) is 14.3. The van der Waals surface area contributed by atoms with E-state index in [-0.39, 0.29) is 27.1 Å². The molecule has 320 valence electrons. The van der Waals surface area contributed by atoms with Crippen molar-refractivity contribution < 1.29 is 4.74 Å². The first-order valence-corrected chi connectivity index (χ1v) is 22.3. The third kappa shape index (κ3) is 8.27. The summed E-state index contributed by atoms with van der Waals surface area (Å²) in [6.45, 7) is 32.9. The molecule has 0 N–H and O–H groups in total. The van der Waals surface area contributed by atoms with Gasteiger partial charge in [0, 0.05) is 63.2 Å². The van der Waals surface area contributed by atoms with E-state index in [0.29, 0.717) is 6.67 Å². The van der Waals surface area contributed by atoms with Gasteiger partial charge < -0.3 is 14.5 Å². The van der Waals surface area contributed by atoms with Crippen molar-refractivity contribution >= 4 is 33.2 Å². The van der Waals surface area contributed by atoms with Crippen molar-refractivity contribution in [3.05, 3.63) is 167 Å². The molecule has 0 atom stereocenters. The molecule has 1 aliphatic rings. The number of allylic oxidation sites excluding steroid dienone is 1. The maximum atomic E-state index is 6.97. The van der Waals surface area contributed by atoms with Gasteiger partial charge in [-0.2, -0.15) is 0 Å². The Labute approximate surface area is 371 Å². The van der Waals surface area contributed by atoms with Gasteiger partial charge in [-0.1, -0.05) is 152 Å². The average Bonchev–Trinajstić information content (AvgIpc) is 3.81. The SMILES string of the molecule is CC(C)(C)C1=CN(c2cc(C(C)(C)C)cc(C(C)(C)c3ccccc3)c2)CN1c1cc(Oc2ccc3c4ccccc4n(-c4cc(C(C)(C)C)ccn4)c3c2)cc(C(C)(C)C)c1. The Bertz CT molecular complexity index is 2810. The second kappa shape index (κ2) is 15.2. The quantitative estimate of drug-likeness (QED) is 0.160. The lowest BCUT2D eigenvalue weighted by Crippen LogP contribution is -2.31. The van der Waals surface area contributed by atoms with Crippen molar-refractivity contribution in [1.82, 2.24) is 9.55 Å². The highest BCUT2D eigenvalue weighted by Gasteiger charge is 2.34. The van der Waals surface area contributed by atoms with Gasteiger partial charge >= 0.3 is 0 Å². The first-order chi connectivity index (χ1) is 29.0. The molecule has 0 spiro atoms. The predicted octanol–water partition coefficient (Wildman–Crippen LogP) is 15.4. The van der Waals surface area contributed by atoms with Gasteiger partial charge in [0.1, 0.15) is 17.3 Å². The van der Waals surface area contributed by atoms with Crippen molar-refractivity contribution in [2.24, 2.45) is 5.41 Å². The van der Waals surface area contributed by atoms with Crippen LogP contribution >= 0.6 is 0 Å². The maximum absolute atomic E-state index is 6.97. The lowest BCUT2D eigenvalue weighted by Gasteiger charge is -2.33. The van der Waals surface area contributed by atoms with Gasteiger partial charge in [0.25, 0.3) is 0 Å². The molecule has 5 aromatic carbocycles. The Balaban J connectivity index is 1.21. The standard InChI is InChI=1S/C57H66N4O/c1-53(2,3)39-26-27-58-52(33-39)61-49-23-19-18-22-47(49)48-25-24-45(35-50(48)61)62-46-32-41(55(7,8)9)30-44(34-46)60-37-59(36-51(60)56(10,11)12)43-29-40(54(4,5)6)28-42(31-43)57(13,14)38-20-16-15-17-21-38/h15-36H,37H2,1-14H3. The third-order valence-corrected chi connectivity index (χ3v) is 12.8. The smallest absolute Gasteiger partial charge is 0.137 e. The summed E-state index contributed by atoms with van der Waals surface area (Å²) in [5.41, 5.74) is 11.7. The molecule has 1 aliphatic heterocycles. The minimum atomic E-state index is -0.176. The van der Waals surface area contributed by atoms with Gasteiger partial charge in [0.15, 0.2) is 0 Å². The summed E-state index contributed by atoms with van der Waals surface area (Å²) in [6.07, 6.45) is 4.31. The van der Waals surface area contributed by atoms with Crippen LogP contribution in [-0.2, 0) is 21.7 Å². The van der Waals surface area contributed by atoms with Crippen LogP contribution in [0.25, 0.3) is 27.6 Å². The van der Waals surface area contributed by atoms with Gasteiger partial charge in [-0.25, -0.2) is 4.98 Å². The van der Waals surface area contributed by atoms with Crippen LogP contribution in [0.4, 0.5) is 11.4 Å². The molecule has 0 amide bonds. The number of hydrogen-bond donors (Lipinski definition) is 0. The van der Waals surface area contributed by atoms with Crippen molar-refractivity contribution in [2.45, 2.75) is 119 Å². The number of aromatic nitrogens is 2. The predicted molar refractivity (Wildman–Crippen MR) is 264 cm³/mol.